The van der Waals surface area contributed by atoms with Crippen LogP contribution in [0.25, 0.3) is 0 Å². The lowest BCUT2D eigenvalue weighted by molar-refractivity contribution is -0.0746. The van der Waals surface area contributed by atoms with Gasteiger partial charge in [-0.25, -0.2) is 8.78 Å². The molecule has 0 bridgehead atoms. The van der Waals surface area contributed by atoms with Gasteiger partial charge in [0.25, 0.3) is 0 Å². The van der Waals surface area contributed by atoms with E-state index >= 15 is 0 Å². The maximum absolute atomic E-state index is 13.5. The van der Waals surface area contributed by atoms with Gasteiger partial charge >= 0.3 is 0 Å². The first kappa shape index (κ1) is 15.4. The Morgan fingerprint density at radius 1 is 1.20 bits per heavy atom. The molecule has 0 spiro atoms. The summed E-state index contributed by atoms with van der Waals surface area (Å²) < 4.78 is 32.8. The summed E-state index contributed by atoms with van der Waals surface area (Å²) in [6.07, 6.45) is 3.94. The molecule has 1 aliphatic rings. The number of hydrogen-bond acceptors (Lipinski definition) is 2. The molecule has 0 amide bonds. The van der Waals surface area contributed by atoms with Gasteiger partial charge in [0.2, 0.25) is 0 Å². The molecule has 0 aliphatic heterocycles. The summed E-state index contributed by atoms with van der Waals surface area (Å²) in [5, 5.41) is 3.19. The zero-order chi connectivity index (χ0) is 14.8. The number of rotatable bonds is 4. The average molecular weight is 283 g/mol. The lowest BCUT2D eigenvalue weighted by atomic mass is 9.73. The van der Waals surface area contributed by atoms with E-state index < -0.39 is 11.6 Å². The molecule has 1 aromatic rings. The Bertz CT molecular complexity index is 436. The summed E-state index contributed by atoms with van der Waals surface area (Å²) in [5.74, 6) is -0.411. The summed E-state index contributed by atoms with van der Waals surface area (Å²) >= 11 is 0. The van der Waals surface area contributed by atoms with Crippen molar-refractivity contribution >= 4 is 0 Å². The fourth-order valence-corrected chi connectivity index (χ4v) is 3.34. The van der Waals surface area contributed by atoms with Crippen LogP contribution in [0.15, 0.2) is 18.2 Å². The van der Waals surface area contributed by atoms with Crippen LogP contribution in [-0.2, 0) is 4.74 Å². The van der Waals surface area contributed by atoms with Crippen LogP contribution in [0.3, 0.4) is 0 Å². The third-order valence-corrected chi connectivity index (χ3v) is 4.56. The van der Waals surface area contributed by atoms with Gasteiger partial charge < -0.3 is 10.1 Å². The van der Waals surface area contributed by atoms with E-state index in [0.29, 0.717) is 11.5 Å². The van der Waals surface area contributed by atoms with Crippen molar-refractivity contribution in [2.45, 2.75) is 44.2 Å². The summed E-state index contributed by atoms with van der Waals surface area (Å²) in [6.45, 7) is 2.23. The van der Waals surface area contributed by atoms with Crippen molar-refractivity contribution in [3.05, 3.63) is 35.4 Å². The summed E-state index contributed by atoms with van der Waals surface area (Å²) in [5.41, 5.74) is 0.225. The number of ether oxygens (including phenoxy) is 1. The zero-order valence-corrected chi connectivity index (χ0v) is 12.4. The Hall–Kier alpha value is -1.00. The minimum Gasteiger partial charge on any atom is -0.376 e. The first-order valence-electron chi connectivity index (χ1n) is 7.19. The van der Waals surface area contributed by atoms with Crippen molar-refractivity contribution < 1.29 is 13.5 Å². The number of halogens is 2. The van der Waals surface area contributed by atoms with Crippen LogP contribution in [-0.4, -0.2) is 19.8 Å². The normalized spacial score (nSPS) is 28.4. The molecule has 1 saturated carbocycles. The second kappa shape index (κ2) is 6.19. The molecule has 1 aliphatic carbocycles. The standard InChI is InChI=1S/C16H23F2NO/c1-11-4-6-16(20-3,7-5-11)15(19-2)12-8-13(17)10-14(18)9-12/h8-11,15,19H,4-7H2,1-3H3. The largest absolute Gasteiger partial charge is 0.376 e. The molecule has 1 fully saturated rings. The predicted molar refractivity (Wildman–Crippen MR) is 75.5 cm³/mol. The van der Waals surface area contributed by atoms with Crippen LogP contribution in [0, 0.1) is 17.6 Å². The second-order valence-corrected chi connectivity index (χ2v) is 5.88. The molecule has 0 aromatic heterocycles. The molecule has 0 heterocycles. The molecule has 1 unspecified atom stereocenters. The van der Waals surface area contributed by atoms with Gasteiger partial charge in [0, 0.05) is 13.2 Å². The van der Waals surface area contributed by atoms with Crippen LogP contribution < -0.4 is 5.32 Å². The molecule has 2 nitrogen and oxygen atoms in total. The number of benzene rings is 1. The molecule has 1 N–H and O–H groups in total. The number of likely N-dealkylation sites (N-methyl/N-ethyl adjacent to an activating group) is 1. The van der Waals surface area contributed by atoms with Crippen LogP contribution in [0.4, 0.5) is 8.78 Å². The third kappa shape index (κ3) is 3.01. The lowest BCUT2D eigenvalue weighted by Crippen LogP contribution is -2.47. The Morgan fingerprint density at radius 2 is 1.75 bits per heavy atom. The molecule has 0 saturated heterocycles. The summed E-state index contributed by atoms with van der Waals surface area (Å²) in [7, 11) is 3.50. The molecule has 1 atom stereocenters. The van der Waals surface area contributed by atoms with E-state index in [2.05, 4.69) is 12.2 Å². The SMILES string of the molecule is CNC(c1cc(F)cc(F)c1)C1(OC)CCC(C)CC1. The Balaban J connectivity index is 2.34. The van der Waals surface area contributed by atoms with Crippen LogP contribution >= 0.6 is 0 Å². The van der Waals surface area contributed by atoms with Gasteiger partial charge in [0.05, 0.1) is 11.6 Å². The molecule has 0 radical (unpaired) electrons. The molecule has 4 heteroatoms. The van der Waals surface area contributed by atoms with Crippen molar-refractivity contribution in [3.8, 4) is 0 Å². The van der Waals surface area contributed by atoms with E-state index in [9.17, 15) is 8.78 Å². The van der Waals surface area contributed by atoms with Gasteiger partial charge in [0.1, 0.15) is 11.6 Å². The number of hydrogen-bond donors (Lipinski definition) is 1. The minimum absolute atomic E-state index is 0.204. The first-order chi connectivity index (χ1) is 9.50. The maximum Gasteiger partial charge on any atom is 0.126 e. The summed E-state index contributed by atoms with van der Waals surface area (Å²) in [6, 6.07) is 3.48. The Kier molecular flexibility index (Phi) is 4.76. The quantitative estimate of drug-likeness (QED) is 0.907. The molecular formula is C16H23F2NO. The van der Waals surface area contributed by atoms with Gasteiger partial charge in [-0.2, -0.15) is 0 Å². The van der Waals surface area contributed by atoms with Gasteiger partial charge in [-0.15, -0.1) is 0 Å². The highest BCUT2D eigenvalue weighted by Crippen LogP contribution is 2.42. The predicted octanol–water partition coefficient (Wildman–Crippen LogP) is 3.82. The lowest BCUT2D eigenvalue weighted by Gasteiger charge is -2.44. The van der Waals surface area contributed by atoms with E-state index in [-0.39, 0.29) is 11.6 Å². The van der Waals surface area contributed by atoms with Crippen molar-refractivity contribution in [2.75, 3.05) is 14.2 Å². The third-order valence-electron chi connectivity index (χ3n) is 4.56. The van der Waals surface area contributed by atoms with E-state index in [0.717, 1.165) is 31.7 Å². The van der Waals surface area contributed by atoms with Crippen molar-refractivity contribution in [1.82, 2.24) is 5.32 Å². The highest BCUT2D eigenvalue weighted by atomic mass is 19.1. The van der Waals surface area contributed by atoms with Gasteiger partial charge in [0.15, 0.2) is 0 Å². The monoisotopic (exact) mass is 283 g/mol. The van der Waals surface area contributed by atoms with E-state index in [1.807, 2.05) is 7.05 Å². The average Bonchev–Trinajstić information content (AvgIpc) is 2.41. The summed E-state index contributed by atoms with van der Waals surface area (Å²) in [4.78, 5) is 0. The highest BCUT2D eigenvalue weighted by molar-refractivity contribution is 5.25. The maximum atomic E-state index is 13.5. The second-order valence-electron chi connectivity index (χ2n) is 5.88. The smallest absolute Gasteiger partial charge is 0.126 e. The van der Waals surface area contributed by atoms with Crippen LogP contribution in [0.2, 0.25) is 0 Å². The van der Waals surface area contributed by atoms with Gasteiger partial charge in [-0.05, 0) is 56.3 Å². The Morgan fingerprint density at radius 3 is 2.20 bits per heavy atom. The highest BCUT2D eigenvalue weighted by Gasteiger charge is 2.41. The molecule has 1 aromatic carbocycles. The van der Waals surface area contributed by atoms with E-state index in [4.69, 9.17) is 4.74 Å². The molecule has 2 rings (SSSR count). The van der Waals surface area contributed by atoms with E-state index in [1.54, 1.807) is 7.11 Å². The molecule has 112 valence electrons. The zero-order valence-electron chi connectivity index (χ0n) is 12.4. The number of methoxy groups -OCH3 is 1. The van der Waals surface area contributed by atoms with Crippen molar-refractivity contribution in [1.29, 1.82) is 0 Å². The topological polar surface area (TPSA) is 21.3 Å². The number of nitrogens with one attached hydrogen (secondary N) is 1. The first-order valence-corrected chi connectivity index (χ1v) is 7.19. The van der Waals surface area contributed by atoms with Gasteiger partial charge in [-0.1, -0.05) is 6.92 Å². The van der Waals surface area contributed by atoms with Crippen molar-refractivity contribution in [2.24, 2.45) is 5.92 Å². The van der Waals surface area contributed by atoms with Gasteiger partial charge in [-0.3, -0.25) is 0 Å². The Labute approximate surface area is 119 Å². The minimum atomic E-state index is -0.546. The molecular weight excluding hydrogens is 260 g/mol. The van der Waals surface area contributed by atoms with Crippen LogP contribution in [0.1, 0.15) is 44.2 Å². The fourth-order valence-electron chi connectivity index (χ4n) is 3.34. The van der Waals surface area contributed by atoms with Crippen LogP contribution in [0.5, 0.6) is 0 Å². The fraction of sp³-hybridized carbons (Fsp3) is 0.625. The van der Waals surface area contributed by atoms with E-state index in [1.165, 1.54) is 12.1 Å². The molecule has 20 heavy (non-hydrogen) atoms. The van der Waals surface area contributed by atoms with Crippen molar-refractivity contribution in [3.63, 3.8) is 0 Å².